The summed E-state index contributed by atoms with van der Waals surface area (Å²) in [5.74, 6) is 1.70. The van der Waals surface area contributed by atoms with Crippen molar-refractivity contribution in [2.45, 2.75) is 38.3 Å². The molecule has 6 nitrogen and oxygen atoms in total. The molecule has 188 valence electrons. The molecule has 2 aromatic carbocycles. The van der Waals surface area contributed by atoms with E-state index in [1.54, 1.807) is 0 Å². The fourth-order valence-electron chi connectivity index (χ4n) is 5.44. The van der Waals surface area contributed by atoms with E-state index in [2.05, 4.69) is 56.0 Å². The van der Waals surface area contributed by atoms with Gasteiger partial charge in [-0.15, -0.1) is 0 Å². The van der Waals surface area contributed by atoms with E-state index in [9.17, 15) is 4.79 Å². The lowest BCUT2D eigenvalue weighted by atomic mass is 10.1. The first kappa shape index (κ1) is 24.3. The number of carbonyl (C=O) groups is 1. The summed E-state index contributed by atoms with van der Waals surface area (Å²) in [4.78, 5) is 27.7. The third kappa shape index (κ3) is 5.54. The molecule has 0 radical (unpaired) electrons. The first-order chi connectivity index (χ1) is 17.6. The van der Waals surface area contributed by atoms with Crippen LogP contribution in [0.25, 0.3) is 0 Å². The van der Waals surface area contributed by atoms with Gasteiger partial charge in [0, 0.05) is 51.0 Å². The summed E-state index contributed by atoms with van der Waals surface area (Å²) in [7, 11) is 4.06. The van der Waals surface area contributed by atoms with E-state index in [0.717, 1.165) is 62.9 Å². The van der Waals surface area contributed by atoms with E-state index in [4.69, 9.17) is 4.98 Å². The Hall–Kier alpha value is -3.38. The zero-order valence-corrected chi connectivity index (χ0v) is 21.5. The van der Waals surface area contributed by atoms with Crippen LogP contribution < -0.4 is 9.80 Å². The molecule has 1 aromatic heterocycles. The van der Waals surface area contributed by atoms with E-state index in [1.165, 1.54) is 18.4 Å². The first-order valence-corrected chi connectivity index (χ1v) is 13.2. The van der Waals surface area contributed by atoms with E-state index in [1.807, 2.05) is 50.5 Å². The van der Waals surface area contributed by atoms with E-state index >= 15 is 0 Å². The number of aromatic nitrogens is 1. The fraction of sp³-hybridized carbons (Fsp3) is 0.400. The molecular formula is C30H37N5O. The van der Waals surface area contributed by atoms with Crippen LogP contribution in [0.4, 0.5) is 17.3 Å². The Labute approximate surface area is 215 Å². The molecular weight excluding hydrogens is 446 g/mol. The second kappa shape index (κ2) is 11.1. The zero-order chi connectivity index (χ0) is 24.9. The van der Waals surface area contributed by atoms with Gasteiger partial charge in [-0.3, -0.25) is 4.79 Å². The summed E-state index contributed by atoms with van der Waals surface area (Å²) in [5.41, 5.74) is 2.96. The maximum Gasteiger partial charge on any atom is 0.254 e. The molecule has 2 saturated heterocycles. The molecule has 1 atom stereocenters. The SMILES string of the molecule is CN(Cc1ccccc1)c1cc(C(=O)N2CCC[C@H]2CN2CCCC2)cc(N(C)c2ccccc2)n1. The van der Waals surface area contributed by atoms with Gasteiger partial charge in [-0.25, -0.2) is 4.98 Å². The number of para-hydroxylation sites is 1. The van der Waals surface area contributed by atoms with Crippen molar-refractivity contribution in [2.75, 3.05) is 50.1 Å². The first-order valence-electron chi connectivity index (χ1n) is 13.2. The van der Waals surface area contributed by atoms with Gasteiger partial charge in [-0.05, 0) is 68.6 Å². The number of pyridine rings is 1. The summed E-state index contributed by atoms with van der Waals surface area (Å²) < 4.78 is 0. The molecule has 0 aliphatic carbocycles. The average Bonchev–Trinajstić information content (AvgIpc) is 3.61. The van der Waals surface area contributed by atoms with Gasteiger partial charge in [-0.1, -0.05) is 48.5 Å². The van der Waals surface area contributed by atoms with Crippen molar-refractivity contribution >= 4 is 23.2 Å². The third-order valence-electron chi connectivity index (χ3n) is 7.49. The number of likely N-dealkylation sites (tertiary alicyclic amines) is 2. The normalized spacial score (nSPS) is 17.9. The van der Waals surface area contributed by atoms with Crippen molar-refractivity contribution in [3.8, 4) is 0 Å². The molecule has 3 aromatic rings. The van der Waals surface area contributed by atoms with Crippen molar-refractivity contribution in [3.63, 3.8) is 0 Å². The maximum absolute atomic E-state index is 13.9. The Bertz CT molecular complexity index is 1150. The summed E-state index contributed by atoms with van der Waals surface area (Å²) in [6, 6.07) is 24.8. The second-order valence-corrected chi connectivity index (χ2v) is 10.1. The highest BCUT2D eigenvalue weighted by Gasteiger charge is 2.32. The molecule has 2 aliphatic heterocycles. The molecule has 0 spiro atoms. The number of hydrogen-bond acceptors (Lipinski definition) is 5. The van der Waals surface area contributed by atoms with Gasteiger partial charge >= 0.3 is 0 Å². The summed E-state index contributed by atoms with van der Waals surface area (Å²) >= 11 is 0. The monoisotopic (exact) mass is 483 g/mol. The molecule has 1 amide bonds. The highest BCUT2D eigenvalue weighted by atomic mass is 16.2. The summed E-state index contributed by atoms with van der Waals surface area (Å²) in [5, 5.41) is 0. The number of carbonyl (C=O) groups excluding carboxylic acids is 1. The molecule has 0 N–H and O–H groups in total. The van der Waals surface area contributed by atoms with Crippen LogP contribution >= 0.6 is 0 Å². The molecule has 0 saturated carbocycles. The van der Waals surface area contributed by atoms with Crippen LogP contribution in [0.2, 0.25) is 0 Å². The molecule has 5 rings (SSSR count). The van der Waals surface area contributed by atoms with Gasteiger partial charge in [-0.2, -0.15) is 0 Å². The number of amides is 1. The minimum absolute atomic E-state index is 0.121. The van der Waals surface area contributed by atoms with Crippen molar-refractivity contribution in [1.29, 1.82) is 0 Å². The highest BCUT2D eigenvalue weighted by Crippen LogP contribution is 2.29. The summed E-state index contributed by atoms with van der Waals surface area (Å²) in [6.07, 6.45) is 4.71. The van der Waals surface area contributed by atoms with Crippen molar-refractivity contribution in [1.82, 2.24) is 14.8 Å². The zero-order valence-electron chi connectivity index (χ0n) is 21.5. The van der Waals surface area contributed by atoms with Gasteiger partial charge in [0.05, 0.1) is 0 Å². The molecule has 6 heteroatoms. The van der Waals surface area contributed by atoms with Crippen molar-refractivity contribution in [2.24, 2.45) is 0 Å². The van der Waals surface area contributed by atoms with Crippen LogP contribution in [0.1, 0.15) is 41.6 Å². The average molecular weight is 484 g/mol. The molecule has 2 aliphatic rings. The molecule has 0 unspecified atom stereocenters. The lowest BCUT2D eigenvalue weighted by Gasteiger charge is -2.29. The Morgan fingerprint density at radius 2 is 1.56 bits per heavy atom. The molecule has 0 bridgehead atoms. The minimum Gasteiger partial charge on any atom is -0.355 e. The standard InChI is InChI=1S/C30H37N5O/c1-32(22-24-12-5-3-6-13-24)28-20-25(21-29(31-28)33(2)26-14-7-4-8-15-26)30(36)35-19-11-16-27(35)23-34-17-9-10-18-34/h3-8,12-15,20-21,27H,9-11,16-19,22-23H2,1-2H3/t27-/m0/s1. The van der Waals surface area contributed by atoms with Crippen LogP contribution in [-0.4, -0.2) is 67.0 Å². The van der Waals surface area contributed by atoms with Gasteiger partial charge in [0.2, 0.25) is 0 Å². The van der Waals surface area contributed by atoms with E-state index in [0.29, 0.717) is 11.6 Å². The predicted molar refractivity (Wildman–Crippen MR) is 147 cm³/mol. The van der Waals surface area contributed by atoms with E-state index < -0.39 is 0 Å². The van der Waals surface area contributed by atoms with Crippen LogP contribution in [0.3, 0.4) is 0 Å². The van der Waals surface area contributed by atoms with Crippen molar-refractivity contribution < 1.29 is 4.79 Å². The largest absolute Gasteiger partial charge is 0.355 e. The maximum atomic E-state index is 13.9. The predicted octanol–water partition coefficient (Wildman–Crippen LogP) is 5.19. The topological polar surface area (TPSA) is 42.9 Å². The highest BCUT2D eigenvalue weighted by molar-refractivity contribution is 5.96. The Kier molecular flexibility index (Phi) is 7.52. The number of anilines is 3. The number of rotatable bonds is 8. The second-order valence-electron chi connectivity index (χ2n) is 10.1. The van der Waals surface area contributed by atoms with Crippen LogP contribution in [-0.2, 0) is 6.54 Å². The lowest BCUT2D eigenvalue weighted by molar-refractivity contribution is 0.0708. The summed E-state index contributed by atoms with van der Waals surface area (Å²) in [6.45, 7) is 4.87. The van der Waals surface area contributed by atoms with Gasteiger partial charge in [0.1, 0.15) is 11.6 Å². The number of hydrogen-bond donors (Lipinski definition) is 0. The molecule has 2 fully saturated rings. The molecule has 3 heterocycles. The van der Waals surface area contributed by atoms with Gasteiger partial charge in [0.15, 0.2) is 0 Å². The van der Waals surface area contributed by atoms with Gasteiger partial charge < -0.3 is 19.6 Å². The smallest absolute Gasteiger partial charge is 0.254 e. The lowest BCUT2D eigenvalue weighted by Crippen LogP contribution is -2.42. The Morgan fingerprint density at radius 3 is 2.28 bits per heavy atom. The Balaban J connectivity index is 1.44. The fourth-order valence-corrected chi connectivity index (χ4v) is 5.44. The number of nitrogens with zero attached hydrogens (tertiary/aromatic N) is 5. The minimum atomic E-state index is 0.121. The van der Waals surface area contributed by atoms with E-state index in [-0.39, 0.29) is 5.91 Å². The van der Waals surface area contributed by atoms with Crippen LogP contribution in [0.5, 0.6) is 0 Å². The number of benzene rings is 2. The Morgan fingerprint density at radius 1 is 0.889 bits per heavy atom. The van der Waals surface area contributed by atoms with Gasteiger partial charge in [0.25, 0.3) is 5.91 Å². The molecule has 36 heavy (non-hydrogen) atoms. The van der Waals surface area contributed by atoms with Crippen LogP contribution in [0, 0.1) is 0 Å². The quantitative estimate of drug-likeness (QED) is 0.441. The van der Waals surface area contributed by atoms with Crippen LogP contribution in [0.15, 0.2) is 72.8 Å². The van der Waals surface area contributed by atoms with Crippen molar-refractivity contribution in [3.05, 3.63) is 83.9 Å². The third-order valence-corrected chi connectivity index (χ3v) is 7.49.